The Bertz CT molecular complexity index is 1140. The lowest BCUT2D eigenvalue weighted by atomic mass is 10.3. The van der Waals surface area contributed by atoms with E-state index < -0.39 is 16.1 Å². The number of sulfonamides is 1. The van der Waals surface area contributed by atoms with E-state index in [-0.39, 0.29) is 15.3 Å². The zero-order valence-corrected chi connectivity index (χ0v) is 17.6. The lowest BCUT2D eigenvalue weighted by molar-refractivity contribution is -0.128. The number of pyridine rings is 2. The van der Waals surface area contributed by atoms with Gasteiger partial charge >= 0.3 is 0 Å². The molecule has 1 fully saturated rings. The van der Waals surface area contributed by atoms with Crippen LogP contribution >= 0.6 is 22.9 Å². The number of thiophene rings is 1. The Kier molecular flexibility index (Phi) is 5.68. The molecule has 152 valence electrons. The molecule has 1 saturated heterocycles. The molecule has 1 aliphatic rings. The Morgan fingerprint density at radius 2 is 2.03 bits per heavy atom. The molecule has 29 heavy (non-hydrogen) atoms. The third-order valence-corrected chi connectivity index (χ3v) is 8.12. The van der Waals surface area contributed by atoms with Crippen LogP contribution in [0.2, 0.25) is 5.15 Å². The van der Waals surface area contributed by atoms with Gasteiger partial charge in [-0.1, -0.05) is 11.6 Å². The largest absolute Gasteiger partial charge is 0.383 e. The Hall–Kier alpha value is -2.27. The van der Waals surface area contributed by atoms with E-state index >= 15 is 0 Å². The van der Waals surface area contributed by atoms with E-state index in [0.717, 1.165) is 17.0 Å². The van der Waals surface area contributed by atoms with Crippen molar-refractivity contribution < 1.29 is 13.2 Å². The van der Waals surface area contributed by atoms with Crippen molar-refractivity contribution in [3.8, 4) is 0 Å². The number of amides is 1. The van der Waals surface area contributed by atoms with Crippen molar-refractivity contribution in [2.45, 2.75) is 16.7 Å². The summed E-state index contributed by atoms with van der Waals surface area (Å²) in [4.78, 5) is 22.2. The number of nitrogens with zero attached hydrogens (tertiary/aromatic N) is 3. The Labute approximate surface area is 177 Å². The highest BCUT2D eigenvalue weighted by Crippen LogP contribution is 2.33. The molecule has 11 heteroatoms. The number of nitrogens with one attached hydrogen (secondary N) is 2. The Morgan fingerprint density at radius 1 is 1.24 bits per heavy atom. The maximum absolute atomic E-state index is 12.8. The van der Waals surface area contributed by atoms with Gasteiger partial charge in [-0.15, -0.1) is 11.3 Å². The number of rotatable bonds is 7. The molecule has 3 aromatic rings. The molecule has 8 nitrogen and oxygen atoms in total. The quantitative estimate of drug-likeness (QED) is 0.534. The molecule has 0 unspecified atom stereocenters. The number of aromatic nitrogens is 2. The number of carbonyl (C=O) groups excluding carboxylic acids is 1. The van der Waals surface area contributed by atoms with Crippen LogP contribution in [-0.4, -0.2) is 54.9 Å². The van der Waals surface area contributed by atoms with Gasteiger partial charge in [-0.05, 0) is 36.1 Å². The number of likely N-dealkylation sites (tertiary alicyclic amines) is 1. The van der Waals surface area contributed by atoms with Crippen LogP contribution < -0.4 is 10.0 Å². The van der Waals surface area contributed by atoms with Crippen LogP contribution in [0.25, 0.3) is 10.1 Å². The molecule has 4 rings (SSSR count). The number of anilines is 1. The van der Waals surface area contributed by atoms with Crippen molar-refractivity contribution in [2.24, 2.45) is 0 Å². The van der Waals surface area contributed by atoms with Gasteiger partial charge in [0.15, 0.2) is 0 Å². The van der Waals surface area contributed by atoms with Crippen LogP contribution in [-0.2, 0) is 14.8 Å². The van der Waals surface area contributed by atoms with E-state index in [1.54, 1.807) is 29.4 Å². The van der Waals surface area contributed by atoms with Gasteiger partial charge in [0.25, 0.3) is 10.0 Å². The molecule has 4 heterocycles. The maximum atomic E-state index is 12.8. The fourth-order valence-electron chi connectivity index (χ4n) is 3.16. The average molecular weight is 452 g/mol. The van der Waals surface area contributed by atoms with Crippen LogP contribution in [0.1, 0.15) is 6.42 Å². The Morgan fingerprint density at radius 3 is 2.79 bits per heavy atom. The molecular weight excluding hydrogens is 434 g/mol. The molecule has 1 amide bonds. The summed E-state index contributed by atoms with van der Waals surface area (Å²) in [6.07, 6.45) is 5.33. The van der Waals surface area contributed by atoms with Crippen molar-refractivity contribution in [3.05, 3.63) is 48.0 Å². The third kappa shape index (κ3) is 4.35. The van der Waals surface area contributed by atoms with Crippen LogP contribution in [0.4, 0.5) is 5.69 Å². The minimum absolute atomic E-state index is 0.119. The SMILES string of the molecule is O=C1[C@@H](NS(=O)(=O)c2cc3ccnc(Cl)c3s2)CCN1CCNc1ccncc1. The first-order valence-electron chi connectivity index (χ1n) is 8.93. The molecule has 0 aromatic carbocycles. The Balaban J connectivity index is 1.38. The first-order valence-corrected chi connectivity index (χ1v) is 11.6. The smallest absolute Gasteiger partial charge is 0.250 e. The molecule has 0 bridgehead atoms. The lowest BCUT2D eigenvalue weighted by Gasteiger charge is -2.17. The topological polar surface area (TPSA) is 104 Å². The van der Waals surface area contributed by atoms with E-state index in [4.69, 9.17) is 11.6 Å². The molecule has 1 atom stereocenters. The summed E-state index contributed by atoms with van der Waals surface area (Å²) in [5.74, 6) is -0.217. The molecular formula is C18H18ClN5O3S2. The van der Waals surface area contributed by atoms with Crippen molar-refractivity contribution in [1.82, 2.24) is 19.6 Å². The van der Waals surface area contributed by atoms with Gasteiger partial charge in [0, 0.05) is 43.9 Å². The van der Waals surface area contributed by atoms with Crippen LogP contribution in [0.15, 0.2) is 47.1 Å². The molecule has 0 spiro atoms. The summed E-state index contributed by atoms with van der Waals surface area (Å²) in [7, 11) is -3.83. The molecule has 3 aromatic heterocycles. The number of halogens is 1. The van der Waals surface area contributed by atoms with Crippen molar-refractivity contribution >= 4 is 54.6 Å². The van der Waals surface area contributed by atoms with E-state index in [2.05, 4.69) is 20.0 Å². The summed E-state index contributed by atoms with van der Waals surface area (Å²) >= 11 is 7.08. The maximum Gasteiger partial charge on any atom is 0.250 e. The van der Waals surface area contributed by atoms with Crippen LogP contribution in [0.5, 0.6) is 0 Å². The average Bonchev–Trinajstić information content (AvgIpc) is 3.29. The van der Waals surface area contributed by atoms with Gasteiger partial charge in [-0.25, -0.2) is 13.4 Å². The fourth-order valence-corrected chi connectivity index (χ4v) is 6.04. The van der Waals surface area contributed by atoms with Gasteiger partial charge in [0.05, 0.1) is 4.70 Å². The minimum Gasteiger partial charge on any atom is -0.383 e. The summed E-state index contributed by atoms with van der Waals surface area (Å²) in [5.41, 5.74) is 0.918. The molecule has 0 saturated carbocycles. The van der Waals surface area contributed by atoms with Crippen molar-refractivity contribution in [3.63, 3.8) is 0 Å². The number of hydrogen-bond donors (Lipinski definition) is 2. The highest BCUT2D eigenvalue weighted by Gasteiger charge is 2.35. The van der Waals surface area contributed by atoms with Gasteiger partial charge in [-0.3, -0.25) is 9.78 Å². The zero-order valence-electron chi connectivity index (χ0n) is 15.2. The lowest BCUT2D eigenvalue weighted by Crippen LogP contribution is -2.42. The number of hydrogen-bond acceptors (Lipinski definition) is 7. The van der Waals surface area contributed by atoms with Gasteiger partial charge in [-0.2, -0.15) is 4.72 Å². The van der Waals surface area contributed by atoms with Gasteiger partial charge < -0.3 is 10.2 Å². The van der Waals surface area contributed by atoms with Crippen molar-refractivity contribution in [1.29, 1.82) is 0 Å². The van der Waals surface area contributed by atoms with Gasteiger partial charge in [0.1, 0.15) is 15.4 Å². The van der Waals surface area contributed by atoms with Gasteiger partial charge in [0.2, 0.25) is 5.91 Å². The molecule has 0 radical (unpaired) electrons. The standard InChI is InChI=1S/C18H18ClN5O3S2/c19-17-16-12(1-7-22-17)11-15(28-16)29(26,27)23-14-4-9-24(18(14)25)10-8-21-13-2-5-20-6-3-13/h1-3,5-7,11,14,23H,4,8-10H2,(H,20,21)/t14-/m0/s1. The zero-order chi connectivity index (χ0) is 20.4. The monoisotopic (exact) mass is 451 g/mol. The molecule has 2 N–H and O–H groups in total. The first-order chi connectivity index (χ1) is 13.9. The second-order valence-electron chi connectivity index (χ2n) is 6.54. The highest BCUT2D eigenvalue weighted by molar-refractivity contribution is 7.91. The summed E-state index contributed by atoms with van der Waals surface area (Å²) in [5, 5.41) is 4.18. The number of carbonyl (C=O) groups is 1. The molecule has 1 aliphatic heterocycles. The molecule has 0 aliphatic carbocycles. The third-order valence-electron chi connectivity index (χ3n) is 4.62. The second kappa shape index (κ2) is 8.23. The van der Waals surface area contributed by atoms with Crippen LogP contribution in [0, 0.1) is 0 Å². The summed E-state index contributed by atoms with van der Waals surface area (Å²) < 4.78 is 28.8. The van der Waals surface area contributed by atoms with E-state index in [9.17, 15) is 13.2 Å². The predicted octanol–water partition coefficient (Wildman–Crippen LogP) is 2.34. The summed E-state index contributed by atoms with van der Waals surface area (Å²) in [6, 6.07) is 6.17. The van der Waals surface area contributed by atoms with E-state index in [1.165, 1.54) is 6.20 Å². The summed E-state index contributed by atoms with van der Waals surface area (Å²) in [6.45, 7) is 1.56. The normalized spacial score (nSPS) is 17.2. The highest BCUT2D eigenvalue weighted by atomic mass is 35.5. The number of fused-ring (bicyclic) bond motifs is 1. The van der Waals surface area contributed by atoms with E-state index in [0.29, 0.717) is 36.1 Å². The van der Waals surface area contributed by atoms with Crippen LogP contribution in [0.3, 0.4) is 0 Å². The first kappa shape index (κ1) is 20.0. The fraction of sp³-hybridized carbons (Fsp3) is 0.278. The minimum atomic E-state index is -3.83. The van der Waals surface area contributed by atoms with E-state index in [1.807, 2.05) is 12.1 Å². The van der Waals surface area contributed by atoms with Crippen molar-refractivity contribution in [2.75, 3.05) is 25.0 Å². The predicted molar refractivity (Wildman–Crippen MR) is 113 cm³/mol. The second-order valence-corrected chi connectivity index (χ2v) is 9.89.